The first-order chi connectivity index (χ1) is 10.7. The predicted molar refractivity (Wildman–Crippen MR) is 99.3 cm³/mol. The van der Waals surface area contributed by atoms with Crippen molar-refractivity contribution in [2.45, 2.75) is 37.3 Å². The van der Waals surface area contributed by atoms with Gasteiger partial charge >= 0.3 is 0 Å². The molecule has 1 N–H and O–H groups in total. The minimum absolute atomic E-state index is 0.136. The molecule has 1 aliphatic rings. The van der Waals surface area contributed by atoms with Crippen LogP contribution >= 0.6 is 6.04 Å². The van der Waals surface area contributed by atoms with Gasteiger partial charge < -0.3 is 5.11 Å². The van der Waals surface area contributed by atoms with Crippen LogP contribution in [0.25, 0.3) is 0 Å². The van der Waals surface area contributed by atoms with Gasteiger partial charge in [0, 0.05) is 11.2 Å². The molecule has 0 amide bonds. The summed E-state index contributed by atoms with van der Waals surface area (Å²) in [5.74, 6) is 0. The number of hydrogen-bond donors (Lipinski definition) is 1. The van der Waals surface area contributed by atoms with Crippen LogP contribution in [0.5, 0.6) is 0 Å². The zero-order valence-corrected chi connectivity index (χ0v) is 14.5. The van der Waals surface area contributed by atoms with Crippen molar-refractivity contribution in [2.24, 2.45) is 0 Å². The first-order valence-electron chi connectivity index (χ1n) is 8.05. The fourth-order valence-corrected chi connectivity index (χ4v) is 8.93. The summed E-state index contributed by atoms with van der Waals surface area (Å²) >= 11 is 6.42. The zero-order chi connectivity index (χ0) is 15.5. The quantitative estimate of drug-likeness (QED) is 0.860. The van der Waals surface area contributed by atoms with E-state index in [1.165, 1.54) is 29.9 Å². The van der Waals surface area contributed by atoms with Crippen molar-refractivity contribution in [3.8, 4) is 0 Å². The van der Waals surface area contributed by atoms with Crippen LogP contribution in [0.4, 0.5) is 0 Å². The van der Waals surface area contributed by atoms with Gasteiger partial charge in [-0.25, -0.2) is 0 Å². The topological polar surface area (TPSA) is 20.2 Å². The highest BCUT2D eigenvalue weighted by Gasteiger charge is 2.46. The van der Waals surface area contributed by atoms with E-state index >= 15 is 0 Å². The summed E-state index contributed by atoms with van der Waals surface area (Å²) in [6, 6.07) is 19.0. The summed E-state index contributed by atoms with van der Waals surface area (Å²) in [7, 11) is 0. The molecule has 0 saturated heterocycles. The summed E-state index contributed by atoms with van der Waals surface area (Å²) in [5, 5.41) is 12.7. The number of hydrogen-bond acceptors (Lipinski definition) is 2. The van der Waals surface area contributed by atoms with E-state index in [2.05, 4.69) is 48.5 Å². The molecule has 2 aromatic carbocycles. The highest BCUT2D eigenvalue weighted by molar-refractivity contribution is 8.22. The maximum absolute atomic E-state index is 10.4. The monoisotopic (exact) mass is 330 g/mol. The van der Waals surface area contributed by atoms with Gasteiger partial charge in [0.1, 0.15) is 0 Å². The van der Waals surface area contributed by atoms with Gasteiger partial charge in [0.2, 0.25) is 0 Å². The molecule has 0 aromatic heterocycles. The first kappa shape index (κ1) is 15.9. The SMILES string of the molecule is OCC1(P(=S)(c2ccccc2)c2ccccc2)CCCCC1. The fourth-order valence-electron chi connectivity index (χ4n) is 3.76. The van der Waals surface area contributed by atoms with Crippen molar-refractivity contribution >= 4 is 28.5 Å². The Morgan fingerprint density at radius 2 is 1.27 bits per heavy atom. The molecule has 0 heterocycles. The third-order valence-electron chi connectivity index (χ3n) is 4.99. The van der Waals surface area contributed by atoms with E-state index in [4.69, 9.17) is 11.8 Å². The second kappa shape index (κ2) is 6.66. The lowest BCUT2D eigenvalue weighted by atomic mass is 9.89. The lowest BCUT2D eigenvalue weighted by molar-refractivity contribution is 0.211. The third kappa shape index (κ3) is 2.58. The minimum Gasteiger partial charge on any atom is -0.395 e. The Kier molecular flexibility index (Phi) is 4.82. The van der Waals surface area contributed by atoms with Crippen LogP contribution in [0.1, 0.15) is 32.1 Å². The van der Waals surface area contributed by atoms with Crippen LogP contribution < -0.4 is 10.6 Å². The molecule has 1 nitrogen and oxygen atoms in total. The van der Waals surface area contributed by atoms with E-state index in [-0.39, 0.29) is 11.8 Å². The van der Waals surface area contributed by atoms with E-state index in [0.29, 0.717) is 0 Å². The van der Waals surface area contributed by atoms with Gasteiger partial charge in [-0.15, -0.1) is 0 Å². The Morgan fingerprint density at radius 1 is 0.818 bits per heavy atom. The molecule has 22 heavy (non-hydrogen) atoms. The molecule has 1 saturated carbocycles. The van der Waals surface area contributed by atoms with E-state index in [0.717, 1.165) is 12.8 Å². The first-order valence-corrected chi connectivity index (χ1v) is 10.9. The molecule has 0 spiro atoms. The second-order valence-electron chi connectivity index (χ2n) is 6.22. The van der Waals surface area contributed by atoms with E-state index < -0.39 is 6.04 Å². The van der Waals surface area contributed by atoms with Crippen LogP contribution in [-0.2, 0) is 11.8 Å². The van der Waals surface area contributed by atoms with E-state index in [1.54, 1.807) is 0 Å². The standard InChI is InChI=1S/C19H23OPS/c20-16-19(14-8-3-9-15-19)21(22,17-10-4-1-5-11-17)18-12-6-2-7-13-18/h1-2,4-7,10-13,20H,3,8-9,14-16H2. The van der Waals surface area contributed by atoms with Gasteiger partial charge in [-0.2, -0.15) is 0 Å². The van der Waals surface area contributed by atoms with Crippen molar-refractivity contribution in [3.05, 3.63) is 60.7 Å². The van der Waals surface area contributed by atoms with Crippen LogP contribution in [0.2, 0.25) is 0 Å². The van der Waals surface area contributed by atoms with E-state index in [1.807, 2.05) is 12.1 Å². The zero-order valence-electron chi connectivity index (χ0n) is 12.8. The number of aliphatic hydroxyl groups is 1. The average Bonchev–Trinajstić information content (AvgIpc) is 2.63. The Hall–Kier alpha value is -0.950. The van der Waals surface area contributed by atoms with Crippen LogP contribution in [0, 0.1) is 0 Å². The van der Waals surface area contributed by atoms with Crippen LogP contribution in [0.15, 0.2) is 60.7 Å². The molecule has 0 unspecified atom stereocenters. The fraction of sp³-hybridized carbons (Fsp3) is 0.368. The van der Waals surface area contributed by atoms with Crippen LogP contribution in [-0.4, -0.2) is 16.9 Å². The Labute approximate surface area is 138 Å². The molecular formula is C19H23OPS. The van der Waals surface area contributed by atoms with E-state index in [9.17, 15) is 5.11 Å². The molecule has 0 bridgehead atoms. The highest BCUT2D eigenvalue weighted by atomic mass is 32.4. The largest absolute Gasteiger partial charge is 0.395 e. The summed E-state index contributed by atoms with van der Waals surface area (Å²) in [6.07, 6.45) is 5.72. The summed E-state index contributed by atoms with van der Waals surface area (Å²) in [6.45, 7) is 0.202. The van der Waals surface area contributed by atoms with Crippen molar-refractivity contribution in [1.29, 1.82) is 0 Å². The summed E-state index contributed by atoms with van der Waals surface area (Å²) < 4.78 is 0. The highest BCUT2D eigenvalue weighted by Crippen LogP contribution is 2.61. The molecule has 116 valence electrons. The molecule has 1 aliphatic carbocycles. The average molecular weight is 330 g/mol. The minimum atomic E-state index is -2.05. The van der Waals surface area contributed by atoms with Gasteiger partial charge in [0.25, 0.3) is 0 Å². The lowest BCUT2D eigenvalue weighted by Gasteiger charge is -2.46. The molecule has 1 fully saturated rings. The Morgan fingerprint density at radius 3 is 1.68 bits per heavy atom. The molecule has 3 rings (SSSR count). The normalized spacial score (nSPS) is 18.0. The Balaban J connectivity index is 2.21. The smallest absolute Gasteiger partial charge is 0.0539 e. The lowest BCUT2D eigenvalue weighted by Crippen LogP contribution is -2.42. The molecule has 0 aliphatic heterocycles. The number of rotatable bonds is 4. The molecule has 0 atom stereocenters. The molecular weight excluding hydrogens is 307 g/mol. The number of aliphatic hydroxyl groups excluding tert-OH is 1. The van der Waals surface area contributed by atoms with Gasteiger partial charge in [0.15, 0.2) is 0 Å². The van der Waals surface area contributed by atoms with Crippen molar-refractivity contribution in [3.63, 3.8) is 0 Å². The van der Waals surface area contributed by atoms with Crippen molar-refractivity contribution in [1.82, 2.24) is 0 Å². The molecule has 0 radical (unpaired) electrons. The van der Waals surface area contributed by atoms with Crippen molar-refractivity contribution in [2.75, 3.05) is 6.61 Å². The second-order valence-corrected chi connectivity index (χ2v) is 11.1. The van der Waals surface area contributed by atoms with Gasteiger partial charge in [-0.05, 0) is 23.5 Å². The summed E-state index contributed by atoms with van der Waals surface area (Å²) in [5.41, 5.74) is 0. The third-order valence-corrected chi connectivity index (χ3v) is 11.4. The van der Waals surface area contributed by atoms with Crippen LogP contribution in [0.3, 0.4) is 0 Å². The van der Waals surface area contributed by atoms with Crippen molar-refractivity contribution < 1.29 is 5.11 Å². The van der Waals surface area contributed by atoms with Gasteiger partial charge in [0.05, 0.1) is 6.61 Å². The molecule has 3 heteroatoms. The number of benzene rings is 2. The maximum Gasteiger partial charge on any atom is 0.0539 e. The van der Waals surface area contributed by atoms with Gasteiger partial charge in [-0.1, -0.05) is 91.7 Å². The maximum atomic E-state index is 10.4. The Bertz CT molecular complexity index is 604. The predicted octanol–water partition coefficient (Wildman–Crippen LogP) is 3.81. The van der Waals surface area contributed by atoms with Gasteiger partial charge in [-0.3, -0.25) is 0 Å². The molecule has 2 aromatic rings. The summed E-state index contributed by atoms with van der Waals surface area (Å²) in [4.78, 5) is 0.